The number of ether oxygens (including phenoxy) is 1. The molecule has 2 saturated heterocycles. The van der Waals surface area contributed by atoms with Gasteiger partial charge in [-0.2, -0.15) is 0 Å². The third-order valence-electron chi connectivity index (χ3n) is 5.69. The molecule has 1 amide bonds. The van der Waals surface area contributed by atoms with Crippen LogP contribution >= 0.6 is 24.0 Å². The first-order valence-corrected chi connectivity index (χ1v) is 11.2. The number of aliphatic imine (C=N–C) groups is 1. The van der Waals surface area contributed by atoms with Gasteiger partial charge in [0.1, 0.15) is 0 Å². The molecule has 8 heteroatoms. The van der Waals surface area contributed by atoms with E-state index < -0.39 is 0 Å². The zero-order valence-electron chi connectivity index (χ0n) is 19.2. The van der Waals surface area contributed by atoms with Gasteiger partial charge in [0.15, 0.2) is 5.96 Å². The highest BCUT2D eigenvalue weighted by Gasteiger charge is 2.30. The van der Waals surface area contributed by atoms with Crippen LogP contribution in [0, 0.1) is 5.41 Å². The van der Waals surface area contributed by atoms with Crippen LogP contribution in [0.4, 0.5) is 5.69 Å². The number of nitrogens with zero attached hydrogens (tertiary/aromatic N) is 3. The van der Waals surface area contributed by atoms with Crippen LogP contribution < -0.4 is 10.6 Å². The largest absolute Gasteiger partial charge is 0.379 e. The maximum absolute atomic E-state index is 12.3. The summed E-state index contributed by atoms with van der Waals surface area (Å²) in [4.78, 5) is 21.8. The summed E-state index contributed by atoms with van der Waals surface area (Å²) in [6, 6.07) is 8.00. The normalized spacial score (nSPS) is 19.1. The topological polar surface area (TPSA) is 69.2 Å². The van der Waals surface area contributed by atoms with E-state index in [0.717, 1.165) is 69.7 Å². The molecule has 2 aliphatic rings. The van der Waals surface area contributed by atoms with E-state index >= 15 is 0 Å². The lowest BCUT2D eigenvalue weighted by molar-refractivity contribution is -0.116. The molecule has 0 radical (unpaired) electrons. The standard InChI is InChI=1S/C23H37N5O2.HI/c1-4-24-22(28-11-9-23(2,3)18-28)25-17-19-6-5-7-20(16-19)26-21(29)8-10-27-12-14-30-15-13-27;/h5-7,16H,4,8-15,17-18H2,1-3H3,(H,24,25)(H,26,29);1H. The number of halogens is 1. The lowest BCUT2D eigenvalue weighted by Crippen LogP contribution is -2.40. The molecule has 0 atom stereocenters. The van der Waals surface area contributed by atoms with E-state index in [2.05, 4.69) is 47.3 Å². The van der Waals surface area contributed by atoms with Gasteiger partial charge in [-0.15, -0.1) is 24.0 Å². The summed E-state index contributed by atoms with van der Waals surface area (Å²) in [5.74, 6) is 1.03. The van der Waals surface area contributed by atoms with Gasteiger partial charge in [-0.05, 0) is 36.5 Å². The number of carbonyl (C=O) groups excluding carboxylic acids is 1. The second-order valence-electron chi connectivity index (χ2n) is 8.96. The summed E-state index contributed by atoms with van der Waals surface area (Å²) in [6.07, 6.45) is 1.68. The lowest BCUT2D eigenvalue weighted by Gasteiger charge is -2.26. The van der Waals surface area contributed by atoms with Gasteiger partial charge in [-0.3, -0.25) is 9.69 Å². The van der Waals surface area contributed by atoms with E-state index in [1.807, 2.05) is 18.2 Å². The van der Waals surface area contributed by atoms with E-state index in [1.165, 1.54) is 6.42 Å². The highest BCUT2D eigenvalue weighted by Crippen LogP contribution is 2.28. The van der Waals surface area contributed by atoms with Gasteiger partial charge >= 0.3 is 0 Å². The number of amides is 1. The van der Waals surface area contributed by atoms with Gasteiger partial charge in [0.25, 0.3) is 0 Å². The van der Waals surface area contributed by atoms with Crippen LogP contribution in [0.1, 0.15) is 39.2 Å². The number of likely N-dealkylation sites (tertiary alicyclic amines) is 1. The minimum atomic E-state index is 0. The number of hydrogen-bond donors (Lipinski definition) is 2. The fourth-order valence-electron chi connectivity index (χ4n) is 3.94. The summed E-state index contributed by atoms with van der Waals surface area (Å²) < 4.78 is 5.35. The predicted octanol–water partition coefficient (Wildman–Crippen LogP) is 3.16. The van der Waals surface area contributed by atoms with E-state index in [9.17, 15) is 4.79 Å². The smallest absolute Gasteiger partial charge is 0.225 e. The SMILES string of the molecule is CCNC(=NCc1cccc(NC(=O)CCN2CCOCC2)c1)N1CCC(C)(C)C1.I. The molecule has 174 valence electrons. The van der Waals surface area contributed by atoms with Crippen LogP contribution in [-0.4, -0.2) is 74.1 Å². The molecular formula is C23H38IN5O2. The van der Waals surface area contributed by atoms with E-state index in [4.69, 9.17) is 9.73 Å². The molecule has 7 nitrogen and oxygen atoms in total. The molecule has 0 bridgehead atoms. The Labute approximate surface area is 204 Å². The molecule has 0 saturated carbocycles. The molecule has 2 fully saturated rings. The Bertz CT molecular complexity index is 734. The van der Waals surface area contributed by atoms with Crippen LogP contribution in [0.15, 0.2) is 29.3 Å². The number of nitrogens with one attached hydrogen (secondary N) is 2. The van der Waals surface area contributed by atoms with Crippen molar-refractivity contribution < 1.29 is 9.53 Å². The molecule has 1 aromatic carbocycles. The Morgan fingerprint density at radius 2 is 2.00 bits per heavy atom. The number of carbonyl (C=O) groups is 1. The first-order chi connectivity index (χ1) is 14.4. The average Bonchev–Trinajstić information content (AvgIpc) is 3.10. The first-order valence-electron chi connectivity index (χ1n) is 11.2. The highest BCUT2D eigenvalue weighted by atomic mass is 127. The summed E-state index contributed by atoms with van der Waals surface area (Å²) in [6.45, 7) is 14.3. The van der Waals surface area contributed by atoms with Crippen LogP contribution in [0.5, 0.6) is 0 Å². The molecule has 31 heavy (non-hydrogen) atoms. The van der Waals surface area contributed by atoms with Crippen LogP contribution in [0.3, 0.4) is 0 Å². The second-order valence-corrected chi connectivity index (χ2v) is 8.96. The molecule has 3 rings (SSSR count). The third-order valence-corrected chi connectivity index (χ3v) is 5.69. The van der Waals surface area contributed by atoms with Gasteiger partial charge in [0, 0.05) is 51.4 Å². The minimum absolute atomic E-state index is 0. The maximum atomic E-state index is 12.3. The van der Waals surface area contributed by atoms with Crippen molar-refractivity contribution >= 4 is 41.5 Å². The Balaban J connectivity index is 0.00000341. The van der Waals surface area contributed by atoms with Crippen molar-refractivity contribution in [2.75, 3.05) is 57.8 Å². The first kappa shape index (κ1) is 25.9. The second kappa shape index (κ2) is 12.6. The van der Waals surface area contributed by atoms with Crippen LogP contribution in [0.2, 0.25) is 0 Å². The molecule has 2 N–H and O–H groups in total. The zero-order chi connectivity index (χ0) is 21.4. The molecular weight excluding hydrogens is 505 g/mol. The zero-order valence-corrected chi connectivity index (χ0v) is 21.5. The number of benzene rings is 1. The number of morpholine rings is 1. The van der Waals surface area contributed by atoms with Crippen molar-refractivity contribution in [3.8, 4) is 0 Å². The van der Waals surface area contributed by atoms with Gasteiger partial charge in [0.2, 0.25) is 5.91 Å². The van der Waals surface area contributed by atoms with Crippen molar-refractivity contribution in [1.82, 2.24) is 15.1 Å². The number of anilines is 1. The molecule has 1 aromatic rings. The Morgan fingerprint density at radius 1 is 1.23 bits per heavy atom. The monoisotopic (exact) mass is 543 g/mol. The van der Waals surface area contributed by atoms with Crippen molar-refractivity contribution in [1.29, 1.82) is 0 Å². The van der Waals surface area contributed by atoms with Crippen LogP contribution in [0.25, 0.3) is 0 Å². The number of rotatable bonds is 7. The van der Waals surface area contributed by atoms with Gasteiger partial charge < -0.3 is 20.3 Å². The Hall–Kier alpha value is -1.39. The van der Waals surface area contributed by atoms with E-state index in [0.29, 0.717) is 18.4 Å². The van der Waals surface area contributed by atoms with E-state index in [1.54, 1.807) is 0 Å². The fourth-order valence-corrected chi connectivity index (χ4v) is 3.94. The quantitative estimate of drug-likeness (QED) is 0.314. The fraction of sp³-hybridized carbons (Fsp3) is 0.652. The van der Waals surface area contributed by atoms with Gasteiger partial charge in [0.05, 0.1) is 19.8 Å². The van der Waals surface area contributed by atoms with Crippen molar-refractivity contribution in [2.45, 2.75) is 40.2 Å². The summed E-state index contributed by atoms with van der Waals surface area (Å²) in [5.41, 5.74) is 2.26. The number of hydrogen-bond acceptors (Lipinski definition) is 4. The van der Waals surface area contributed by atoms with Crippen molar-refractivity contribution in [2.24, 2.45) is 10.4 Å². The Kier molecular flexibility index (Phi) is 10.5. The van der Waals surface area contributed by atoms with Crippen LogP contribution in [-0.2, 0) is 16.1 Å². The Morgan fingerprint density at radius 3 is 2.68 bits per heavy atom. The number of guanidine groups is 1. The molecule has 2 heterocycles. The van der Waals surface area contributed by atoms with Crippen molar-refractivity contribution in [3.63, 3.8) is 0 Å². The summed E-state index contributed by atoms with van der Waals surface area (Å²) >= 11 is 0. The van der Waals surface area contributed by atoms with Crippen molar-refractivity contribution in [3.05, 3.63) is 29.8 Å². The third kappa shape index (κ3) is 8.57. The summed E-state index contributed by atoms with van der Waals surface area (Å²) in [5, 5.41) is 6.45. The van der Waals surface area contributed by atoms with Gasteiger partial charge in [-0.1, -0.05) is 26.0 Å². The highest BCUT2D eigenvalue weighted by molar-refractivity contribution is 14.0. The molecule has 0 unspecified atom stereocenters. The van der Waals surface area contributed by atoms with Gasteiger partial charge in [-0.25, -0.2) is 4.99 Å². The molecule has 0 aliphatic carbocycles. The predicted molar refractivity (Wildman–Crippen MR) is 137 cm³/mol. The minimum Gasteiger partial charge on any atom is -0.379 e. The summed E-state index contributed by atoms with van der Waals surface area (Å²) in [7, 11) is 0. The maximum Gasteiger partial charge on any atom is 0.225 e. The molecule has 0 spiro atoms. The molecule has 0 aromatic heterocycles. The lowest BCUT2D eigenvalue weighted by atomic mass is 9.93. The molecule has 2 aliphatic heterocycles. The van der Waals surface area contributed by atoms with E-state index in [-0.39, 0.29) is 29.9 Å². The average molecular weight is 543 g/mol.